The number of nitro benzene ring substituents is 1. The molecule has 0 radical (unpaired) electrons. The third-order valence-corrected chi connectivity index (χ3v) is 3.96. The monoisotopic (exact) mass is 419 g/mol. The molecule has 0 fully saturated rings. The third-order valence-electron chi connectivity index (χ3n) is 2.52. The van der Waals surface area contributed by atoms with E-state index in [0.29, 0.717) is 16.0 Å². The number of nitro groups is 1. The molecule has 0 aliphatic rings. The standard InChI is InChI=1S/C13H8Br2ClNO3/c14-9-2-1-8(7-16)12(5-9)20-13-6-10(17(18)19)3-4-11(13)15/h1-6H,7H2. The van der Waals surface area contributed by atoms with Crippen molar-refractivity contribution in [2.75, 3.05) is 0 Å². The first-order valence-corrected chi connectivity index (χ1v) is 7.59. The third kappa shape index (κ3) is 3.50. The van der Waals surface area contributed by atoms with Gasteiger partial charge in [0.05, 0.1) is 21.3 Å². The molecule has 0 heterocycles. The molecule has 0 aliphatic heterocycles. The fourth-order valence-corrected chi connectivity index (χ4v) is 2.42. The van der Waals surface area contributed by atoms with Crippen LogP contribution in [0.3, 0.4) is 0 Å². The Hall–Kier alpha value is -1.11. The first-order chi connectivity index (χ1) is 9.51. The van der Waals surface area contributed by atoms with Gasteiger partial charge in [-0.25, -0.2) is 0 Å². The van der Waals surface area contributed by atoms with Gasteiger partial charge in [-0.1, -0.05) is 22.0 Å². The van der Waals surface area contributed by atoms with E-state index in [1.165, 1.54) is 12.1 Å². The maximum Gasteiger partial charge on any atom is 0.273 e. The highest BCUT2D eigenvalue weighted by Gasteiger charge is 2.13. The van der Waals surface area contributed by atoms with Crippen LogP contribution in [0.2, 0.25) is 0 Å². The van der Waals surface area contributed by atoms with E-state index in [4.69, 9.17) is 16.3 Å². The summed E-state index contributed by atoms with van der Waals surface area (Å²) in [5, 5.41) is 10.8. The van der Waals surface area contributed by atoms with Crippen molar-refractivity contribution >= 4 is 49.1 Å². The Morgan fingerprint density at radius 2 is 1.90 bits per heavy atom. The molecule has 20 heavy (non-hydrogen) atoms. The Labute approximate surface area is 137 Å². The van der Waals surface area contributed by atoms with Crippen molar-refractivity contribution in [2.24, 2.45) is 0 Å². The molecular weight excluding hydrogens is 413 g/mol. The van der Waals surface area contributed by atoms with Gasteiger partial charge >= 0.3 is 0 Å². The van der Waals surface area contributed by atoms with E-state index in [2.05, 4.69) is 31.9 Å². The second-order valence-electron chi connectivity index (χ2n) is 3.86. The van der Waals surface area contributed by atoms with E-state index in [9.17, 15) is 10.1 Å². The number of rotatable bonds is 4. The normalized spacial score (nSPS) is 10.3. The lowest BCUT2D eigenvalue weighted by atomic mass is 10.2. The first-order valence-electron chi connectivity index (χ1n) is 5.47. The van der Waals surface area contributed by atoms with Crippen LogP contribution in [0.1, 0.15) is 5.56 Å². The second kappa shape index (κ2) is 6.56. The minimum atomic E-state index is -0.470. The number of ether oxygens (including phenoxy) is 1. The topological polar surface area (TPSA) is 52.4 Å². The van der Waals surface area contributed by atoms with Crippen LogP contribution in [0.4, 0.5) is 5.69 Å². The van der Waals surface area contributed by atoms with E-state index in [1.807, 2.05) is 12.1 Å². The predicted molar refractivity (Wildman–Crippen MR) is 84.6 cm³/mol. The van der Waals surface area contributed by atoms with Gasteiger partial charge < -0.3 is 4.74 Å². The molecule has 0 N–H and O–H groups in total. The molecule has 2 aromatic carbocycles. The Morgan fingerprint density at radius 1 is 1.15 bits per heavy atom. The summed E-state index contributed by atoms with van der Waals surface area (Å²) in [6.45, 7) is 0. The maximum atomic E-state index is 10.8. The number of hydrogen-bond acceptors (Lipinski definition) is 3. The van der Waals surface area contributed by atoms with Gasteiger partial charge in [0.2, 0.25) is 0 Å². The van der Waals surface area contributed by atoms with Gasteiger partial charge in [-0.2, -0.15) is 0 Å². The molecule has 0 bridgehead atoms. The average Bonchev–Trinajstić information content (AvgIpc) is 2.41. The number of non-ortho nitro benzene ring substituents is 1. The van der Waals surface area contributed by atoms with Crippen LogP contribution in [0, 0.1) is 10.1 Å². The fourth-order valence-electron chi connectivity index (χ4n) is 1.54. The van der Waals surface area contributed by atoms with E-state index in [-0.39, 0.29) is 11.6 Å². The molecule has 0 amide bonds. The van der Waals surface area contributed by atoms with E-state index >= 15 is 0 Å². The van der Waals surface area contributed by atoms with Crippen molar-refractivity contribution in [3.63, 3.8) is 0 Å². The number of hydrogen-bond donors (Lipinski definition) is 0. The summed E-state index contributed by atoms with van der Waals surface area (Å²) < 4.78 is 7.20. The SMILES string of the molecule is O=[N+]([O-])c1ccc(Br)c(Oc2cc(Br)ccc2CCl)c1. The maximum absolute atomic E-state index is 10.8. The van der Waals surface area contributed by atoms with Crippen molar-refractivity contribution < 1.29 is 9.66 Å². The summed E-state index contributed by atoms with van der Waals surface area (Å²) in [6.07, 6.45) is 0. The quantitative estimate of drug-likeness (QED) is 0.364. The molecule has 104 valence electrons. The molecule has 0 aliphatic carbocycles. The molecule has 0 aromatic heterocycles. The van der Waals surface area contributed by atoms with Crippen LogP contribution in [-0.4, -0.2) is 4.92 Å². The van der Waals surface area contributed by atoms with E-state index in [0.717, 1.165) is 10.0 Å². The van der Waals surface area contributed by atoms with Gasteiger partial charge in [0.15, 0.2) is 0 Å². The highest BCUT2D eigenvalue weighted by Crippen LogP contribution is 2.35. The van der Waals surface area contributed by atoms with Crippen LogP contribution < -0.4 is 4.74 Å². The van der Waals surface area contributed by atoms with Gasteiger partial charge in [-0.05, 0) is 34.1 Å². The Kier molecular flexibility index (Phi) is 5.01. The zero-order chi connectivity index (χ0) is 14.7. The molecule has 0 atom stereocenters. The van der Waals surface area contributed by atoms with E-state index < -0.39 is 4.92 Å². The van der Waals surface area contributed by atoms with Crippen molar-refractivity contribution in [2.45, 2.75) is 5.88 Å². The summed E-state index contributed by atoms with van der Waals surface area (Å²) in [4.78, 5) is 10.3. The molecule has 7 heteroatoms. The van der Waals surface area contributed by atoms with Crippen LogP contribution in [0.15, 0.2) is 45.3 Å². The van der Waals surface area contributed by atoms with Crippen LogP contribution >= 0.6 is 43.5 Å². The minimum Gasteiger partial charge on any atom is -0.456 e. The Morgan fingerprint density at radius 3 is 2.55 bits per heavy atom. The lowest BCUT2D eigenvalue weighted by molar-refractivity contribution is -0.384. The number of alkyl halides is 1. The van der Waals surface area contributed by atoms with Crippen LogP contribution in [-0.2, 0) is 5.88 Å². The van der Waals surface area contributed by atoms with Crippen molar-refractivity contribution in [1.29, 1.82) is 0 Å². The fraction of sp³-hybridized carbons (Fsp3) is 0.0769. The molecule has 4 nitrogen and oxygen atoms in total. The molecule has 2 rings (SSSR count). The molecule has 2 aromatic rings. The van der Waals surface area contributed by atoms with E-state index in [1.54, 1.807) is 12.1 Å². The van der Waals surface area contributed by atoms with Crippen molar-refractivity contribution in [3.05, 3.63) is 61.0 Å². The van der Waals surface area contributed by atoms with Gasteiger partial charge in [0.25, 0.3) is 5.69 Å². The molecule has 0 spiro atoms. The predicted octanol–water partition coefficient (Wildman–Crippen LogP) is 5.65. The van der Waals surface area contributed by atoms with Crippen molar-refractivity contribution in [3.8, 4) is 11.5 Å². The van der Waals surface area contributed by atoms with Gasteiger partial charge in [-0.3, -0.25) is 10.1 Å². The lowest BCUT2D eigenvalue weighted by Gasteiger charge is -2.11. The highest BCUT2D eigenvalue weighted by molar-refractivity contribution is 9.10. The van der Waals surface area contributed by atoms with Gasteiger partial charge in [-0.15, -0.1) is 11.6 Å². The Bertz CT molecular complexity index is 664. The molecule has 0 saturated carbocycles. The summed E-state index contributed by atoms with van der Waals surface area (Å²) >= 11 is 12.5. The number of benzene rings is 2. The summed E-state index contributed by atoms with van der Waals surface area (Å²) in [7, 11) is 0. The minimum absolute atomic E-state index is 0.0365. The molecular formula is C13H8Br2ClNO3. The van der Waals surface area contributed by atoms with Gasteiger partial charge in [0, 0.05) is 16.1 Å². The largest absolute Gasteiger partial charge is 0.456 e. The second-order valence-corrected chi connectivity index (χ2v) is 5.90. The zero-order valence-electron chi connectivity index (χ0n) is 9.98. The average molecular weight is 421 g/mol. The summed E-state index contributed by atoms with van der Waals surface area (Å²) in [5.74, 6) is 1.20. The summed E-state index contributed by atoms with van der Waals surface area (Å²) in [6, 6.07) is 9.79. The number of halogens is 3. The first kappa shape index (κ1) is 15.3. The number of nitrogens with zero attached hydrogens (tertiary/aromatic N) is 1. The summed E-state index contributed by atoms with van der Waals surface area (Å²) in [5.41, 5.74) is 0.763. The van der Waals surface area contributed by atoms with Crippen LogP contribution in [0.25, 0.3) is 0 Å². The van der Waals surface area contributed by atoms with Gasteiger partial charge in [0.1, 0.15) is 11.5 Å². The smallest absolute Gasteiger partial charge is 0.273 e. The highest BCUT2D eigenvalue weighted by atomic mass is 79.9. The molecule has 0 saturated heterocycles. The molecule has 0 unspecified atom stereocenters. The zero-order valence-corrected chi connectivity index (χ0v) is 13.9. The Balaban J connectivity index is 2.41. The van der Waals surface area contributed by atoms with Crippen LogP contribution in [0.5, 0.6) is 11.5 Å². The van der Waals surface area contributed by atoms with Crippen molar-refractivity contribution in [1.82, 2.24) is 0 Å². The lowest BCUT2D eigenvalue weighted by Crippen LogP contribution is -1.93.